The molecule has 5 heteroatoms. The summed E-state index contributed by atoms with van der Waals surface area (Å²) < 4.78 is 6.10. The Morgan fingerprint density at radius 2 is 1.86 bits per heavy atom. The molecule has 1 fully saturated rings. The maximum Gasteiger partial charge on any atom is 0.193 e. The zero-order valence-corrected chi connectivity index (χ0v) is 16.9. The van der Waals surface area contributed by atoms with Crippen LogP contribution in [-0.4, -0.2) is 48.6 Å². The highest BCUT2D eigenvalue weighted by atomic mass is 16.5. The third-order valence-corrected chi connectivity index (χ3v) is 5.39. The number of para-hydroxylation sites is 2. The number of ether oxygens (including phenoxy) is 1. The van der Waals surface area contributed by atoms with E-state index in [-0.39, 0.29) is 6.10 Å². The van der Waals surface area contributed by atoms with Crippen LogP contribution in [0.25, 0.3) is 10.9 Å². The van der Waals surface area contributed by atoms with Gasteiger partial charge in [0, 0.05) is 51.1 Å². The summed E-state index contributed by atoms with van der Waals surface area (Å²) in [5, 5.41) is 4.71. The molecule has 1 aliphatic heterocycles. The SMILES string of the molecule is CN=C(NCCc1cccc2cccnc12)N1CCC(Oc2ccccc2)CC1. The van der Waals surface area contributed by atoms with Crippen LogP contribution in [0.4, 0.5) is 0 Å². The zero-order chi connectivity index (χ0) is 19.9. The highest BCUT2D eigenvalue weighted by Crippen LogP contribution is 2.19. The van der Waals surface area contributed by atoms with Crippen LogP contribution in [0.15, 0.2) is 71.9 Å². The molecule has 1 aromatic heterocycles. The van der Waals surface area contributed by atoms with Gasteiger partial charge < -0.3 is 15.0 Å². The van der Waals surface area contributed by atoms with Crippen LogP contribution < -0.4 is 10.1 Å². The summed E-state index contributed by atoms with van der Waals surface area (Å²) in [6, 6.07) is 20.6. The molecular weight excluding hydrogens is 360 g/mol. The van der Waals surface area contributed by atoms with E-state index < -0.39 is 0 Å². The number of piperidine rings is 1. The van der Waals surface area contributed by atoms with Crippen molar-refractivity contribution in [2.24, 2.45) is 4.99 Å². The minimum atomic E-state index is 0.272. The molecule has 0 unspecified atom stereocenters. The lowest BCUT2D eigenvalue weighted by atomic mass is 10.1. The number of guanidine groups is 1. The van der Waals surface area contributed by atoms with Gasteiger partial charge in [0.2, 0.25) is 0 Å². The summed E-state index contributed by atoms with van der Waals surface area (Å²) in [5.41, 5.74) is 2.35. The van der Waals surface area contributed by atoms with E-state index in [9.17, 15) is 0 Å². The lowest BCUT2D eigenvalue weighted by Gasteiger charge is -2.34. The molecule has 1 saturated heterocycles. The molecule has 5 nitrogen and oxygen atoms in total. The number of aliphatic imine (C=N–C) groups is 1. The number of hydrogen-bond acceptors (Lipinski definition) is 3. The molecule has 0 bridgehead atoms. The minimum Gasteiger partial charge on any atom is -0.490 e. The summed E-state index contributed by atoms with van der Waals surface area (Å²) in [4.78, 5) is 11.4. The van der Waals surface area contributed by atoms with Crippen molar-refractivity contribution in [2.75, 3.05) is 26.7 Å². The Balaban J connectivity index is 1.28. The van der Waals surface area contributed by atoms with Crippen molar-refractivity contribution in [1.82, 2.24) is 15.2 Å². The Hall–Kier alpha value is -3.08. The van der Waals surface area contributed by atoms with Crippen molar-refractivity contribution in [2.45, 2.75) is 25.4 Å². The summed E-state index contributed by atoms with van der Waals surface area (Å²) in [7, 11) is 1.86. The number of likely N-dealkylation sites (tertiary alicyclic amines) is 1. The van der Waals surface area contributed by atoms with E-state index >= 15 is 0 Å². The van der Waals surface area contributed by atoms with Gasteiger partial charge in [-0.15, -0.1) is 0 Å². The number of aromatic nitrogens is 1. The first-order valence-corrected chi connectivity index (χ1v) is 10.3. The van der Waals surface area contributed by atoms with E-state index in [1.165, 1.54) is 10.9 Å². The Labute approximate surface area is 172 Å². The molecule has 29 heavy (non-hydrogen) atoms. The smallest absolute Gasteiger partial charge is 0.193 e. The van der Waals surface area contributed by atoms with Crippen LogP contribution in [0, 0.1) is 0 Å². The van der Waals surface area contributed by atoms with Gasteiger partial charge in [-0.25, -0.2) is 0 Å². The maximum absolute atomic E-state index is 6.10. The highest BCUT2D eigenvalue weighted by molar-refractivity contribution is 5.82. The van der Waals surface area contributed by atoms with Gasteiger partial charge in [-0.05, 0) is 30.2 Å². The van der Waals surface area contributed by atoms with Gasteiger partial charge in [0.15, 0.2) is 5.96 Å². The molecule has 3 aromatic rings. The second-order valence-electron chi connectivity index (χ2n) is 7.33. The van der Waals surface area contributed by atoms with Crippen molar-refractivity contribution in [3.63, 3.8) is 0 Å². The molecule has 1 N–H and O–H groups in total. The van der Waals surface area contributed by atoms with E-state index in [0.29, 0.717) is 0 Å². The standard InChI is InChI=1S/C24H28N4O/c1-25-24(27-16-12-20-8-5-7-19-9-6-15-26-23(19)20)28-17-13-22(14-18-28)29-21-10-3-2-4-11-21/h2-11,15,22H,12-14,16-18H2,1H3,(H,25,27). The van der Waals surface area contributed by atoms with E-state index in [2.05, 4.69) is 44.5 Å². The van der Waals surface area contributed by atoms with Crippen molar-refractivity contribution >= 4 is 16.9 Å². The molecule has 1 aliphatic rings. The fourth-order valence-electron chi connectivity index (χ4n) is 3.89. The van der Waals surface area contributed by atoms with Gasteiger partial charge in [-0.1, -0.05) is 42.5 Å². The van der Waals surface area contributed by atoms with Gasteiger partial charge in [-0.2, -0.15) is 0 Å². The van der Waals surface area contributed by atoms with E-state index in [1.54, 1.807) is 0 Å². The number of nitrogens with one attached hydrogen (secondary N) is 1. The van der Waals surface area contributed by atoms with E-state index in [1.807, 2.05) is 49.6 Å². The fraction of sp³-hybridized carbons (Fsp3) is 0.333. The Morgan fingerprint density at radius 1 is 1.07 bits per heavy atom. The van der Waals surface area contributed by atoms with Crippen LogP contribution in [0.1, 0.15) is 18.4 Å². The Kier molecular flexibility index (Phi) is 6.25. The molecule has 2 aromatic carbocycles. The van der Waals surface area contributed by atoms with Crippen LogP contribution in [0.2, 0.25) is 0 Å². The van der Waals surface area contributed by atoms with Gasteiger partial charge in [0.05, 0.1) is 5.52 Å². The van der Waals surface area contributed by atoms with Crippen molar-refractivity contribution in [1.29, 1.82) is 0 Å². The molecule has 4 rings (SSSR count). The summed E-state index contributed by atoms with van der Waals surface area (Å²) in [5.74, 6) is 1.92. The van der Waals surface area contributed by atoms with Crippen LogP contribution in [-0.2, 0) is 6.42 Å². The monoisotopic (exact) mass is 388 g/mol. The first-order valence-electron chi connectivity index (χ1n) is 10.3. The van der Waals surface area contributed by atoms with Gasteiger partial charge in [0.25, 0.3) is 0 Å². The number of benzene rings is 2. The largest absolute Gasteiger partial charge is 0.490 e. The number of rotatable bonds is 5. The average molecular weight is 389 g/mol. The zero-order valence-electron chi connectivity index (χ0n) is 16.9. The first kappa shape index (κ1) is 19.2. The molecule has 0 aliphatic carbocycles. The predicted molar refractivity (Wildman–Crippen MR) is 118 cm³/mol. The lowest BCUT2D eigenvalue weighted by Crippen LogP contribution is -2.47. The maximum atomic E-state index is 6.10. The number of hydrogen-bond donors (Lipinski definition) is 1. The first-order chi connectivity index (χ1) is 14.3. The van der Waals surface area contributed by atoms with Crippen LogP contribution in [0.3, 0.4) is 0 Å². The average Bonchev–Trinajstić information content (AvgIpc) is 2.78. The van der Waals surface area contributed by atoms with E-state index in [0.717, 1.165) is 56.1 Å². The van der Waals surface area contributed by atoms with Gasteiger partial charge in [-0.3, -0.25) is 9.98 Å². The normalized spacial score (nSPS) is 15.5. The number of pyridine rings is 1. The third kappa shape index (κ3) is 4.86. The summed E-state index contributed by atoms with van der Waals surface area (Å²) in [6.45, 7) is 2.74. The molecule has 0 amide bonds. The van der Waals surface area contributed by atoms with Gasteiger partial charge in [0.1, 0.15) is 11.9 Å². The van der Waals surface area contributed by atoms with Gasteiger partial charge >= 0.3 is 0 Å². The summed E-state index contributed by atoms with van der Waals surface area (Å²) >= 11 is 0. The van der Waals surface area contributed by atoms with Crippen LogP contribution >= 0.6 is 0 Å². The fourth-order valence-corrected chi connectivity index (χ4v) is 3.89. The minimum absolute atomic E-state index is 0.272. The Morgan fingerprint density at radius 3 is 2.66 bits per heavy atom. The quantitative estimate of drug-likeness (QED) is 0.532. The number of fused-ring (bicyclic) bond motifs is 1. The number of nitrogens with zero attached hydrogens (tertiary/aromatic N) is 3. The van der Waals surface area contributed by atoms with E-state index in [4.69, 9.17) is 4.74 Å². The second kappa shape index (κ2) is 9.41. The third-order valence-electron chi connectivity index (χ3n) is 5.39. The topological polar surface area (TPSA) is 49.8 Å². The molecule has 0 radical (unpaired) electrons. The molecule has 0 atom stereocenters. The molecule has 2 heterocycles. The second-order valence-corrected chi connectivity index (χ2v) is 7.33. The van der Waals surface area contributed by atoms with Crippen LogP contribution in [0.5, 0.6) is 5.75 Å². The molecule has 150 valence electrons. The summed E-state index contributed by atoms with van der Waals surface area (Å²) in [6.07, 6.45) is 5.06. The predicted octanol–water partition coefficient (Wildman–Crippen LogP) is 3.90. The van der Waals surface area contributed by atoms with Crippen molar-refractivity contribution in [3.05, 3.63) is 72.4 Å². The van der Waals surface area contributed by atoms with Crippen molar-refractivity contribution in [3.8, 4) is 5.75 Å². The lowest BCUT2D eigenvalue weighted by molar-refractivity contribution is 0.129. The molecular formula is C24H28N4O. The highest BCUT2D eigenvalue weighted by Gasteiger charge is 2.22. The Bertz CT molecular complexity index is 944. The molecule has 0 spiro atoms. The van der Waals surface area contributed by atoms with Crippen molar-refractivity contribution < 1.29 is 4.74 Å². The molecule has 0 saturated carbocycles.